The second-order valence-corrected chi connectivity index (χ2v) is 7.28. The Morgan fingerprint density at radius 2 is 1.78 bits per heavy atom. The van der Waals surface area contributed by atoms with E-state index in [4.69, 9.17) is 9.47 Å². The molecule has 1 aliphatic heterocycles. The summed E-state index contributed by atoms with van der Waals surface area (Å²) in [6, 6.07) is 10.1. The molecule has 174 valence electrons. The average Bonchev–Trinajstić information content (AvgIpc) is 2.77. The van der Waals surface area contributed by atoms with Crippen molar-refractivity contribution in [2.24, 2.45) is 4.99 Å². The zero-order valence-corrected chi connectivity index (χ0v) is 20.9. The van der Waals surface area contributed by atoms with E-state index < -0.39 is 0 Å². The summed E-state index contributed by atoms with van der Waals surface area (Å²) in [7, 11) is 5.02. The largest absolute Gasteiger partial charge is 0.493 e. The Morgan fingerprint density at radius 3 is 2.44 bits per heavy atom. The Kier molecular flexibility index (Phi) is 10.0. The number of nitrogens with one attached hydrogen (secondary N) is 2. The molecular formula is C23H30FIN4O3. The van der Waals surface area contributed by atoms with E-state index in [9.17, 15) is 9.18 Å². The number of hydrogen-bond donors (Lipinski definition) is 2. The van der Waals surface area contributed by atoms with Crippen LogP contribution in [0.15, 0.2) is 41.4 Å². The first-order chi connectivity index (χ1) is 15.0. The van der Waals surface area contributed by atoms with Gasteiger partial charge in [-0.25, -0.2) is 4.39 Å². The van der Waals surface area contributed by atoms with Crippen LogP contribution in [-0.2, 0) is 24.2 Å². The van der Waals surface area contributed by atoms with Crippen LogP contribution in [0, 0.1) is 5.82 Å². The van der Waals surface area contributed by atoms with Gasteiger partial charge in [-0.15, -0.1) is 24.0 Å². The minimum Gasteiger partial charge on any atom is -0.493 e. The molecule has 9 heteroatoms. The van der Waals surface area contributed by atoms with Crippen molar-refractivity contribution in [2.75, 3.05) is 40.9 Å². The van der Waals surface area contributed by atoms with Crippen molar-refractivity contribution in [1.29, 1.82) is 0 Å². The first-order valence-electron chi connectivity index (χ1n) is 10.2. The van der Waals surface area contributed by atoms with Gasteiger partial charge in [0.15, 0.2) is 17.5 Å². The number of carbonyl (C=O) groups is 1. The fourth-order valence-electron chi connectivity index (χ4n) is 3.67. The summed E-state index contributed by atoms with van der Waals surface area (Å²) in [5.74, 6) is 1.75. The van der Waals surface area contributed by atoms with Gasteiger partial charge in [-0.2, -0.15) is 0 Å². The van der Waals surface area contributed by atoms with Crippen LogP contribution in [-0.4, -0.2) is 57.7 Å². The smallest absolute Gasteiger partial charge is 0.224 e. The molecule has 2 aromatic rings. The number of amides is 1. The molecular weight excluding hydrogens is 526 g/mol. The van der Waals surface area contributed by atoms with Crippen molar-refractivity contribution < 1.29 is 18.7 Å². The Bertz CT molecular complexity index is 955. The summed E-state index contributed by atoms with van der Waals surface area (Å²) >= 11 is 0. The lowest BCUT2D eigenvalue weighted by atomic mass is 9.99. The van der Waals surface area contributed by atoms with E-state index in [1.807, 2.05) is 12.1 Å². The zero-order valence-electron chi connectivity index (χ0n) is 18.6. The summed E-state index contributed by atoms with van der Waals surface area (Å²) in [5, 5.41) is 6.14. The van der Waals surface area contributed by atoms with Gasteiger partial charge in [-0.3, -0.25) is 9.79 Å². The minimum absolute atomic E-state index is 0. The molecule has 0 unspecified atom stereocenters. The summed E-state index contributed by atoms with van der Waals surface area (Å²) in [4.78, 5) is 18.6. The average molecular weight is 556 g/mol. The quantitative estimate of drug-likeness (QED) is 0.238. The van der Waals surface area contributed by atoms with E-state index in [1.54, 1.807) is 33.4 Å². The van der Waals surface area contributed by atoms with E-state index in [0.29, 0.717) is 30.9 Å². The molecule has 0 saturated heterocycles. The van der Waals surface area contributed by atoms with Crippen molar-refractivity contribution in [2.45, 2.75) is 19.4 Å². The third-order valence-electron chi connectivity index (χ3n) is 5.21. The lowest BCUT2D eigenvalue weighted by Gasteiger charge is -2.32. The number of halogens is 2. The fourth-order valence-corrected chi connectivity index (χ4v) is 3.67. The summed E-state index contributed by atoms with van der Waals surface area (Å²) in [5.41, 5.74) is 3.07. The highest BCUT2D eigenvalue weighted by atomic mass is 127. The highest BCUT2D eigenvalue weighted by Gasteiger charge is 2.21. The van der Waals surface area contributed by atoms with Gasteiger partial charge in [0.25, 0.3) is 0 Å². The Labute approximate surface area is 205 Å². The van der Waals surface area contributed by atoms with Crippen LogP contribution in [0.4, 0.5) is 4.39 Å². The lowest BCUT2D eigenvalue weighted by Crippen LogP contribution is -2.46. The van der Waals surface area contributed by atoms with Gasteiger partial charge in [0.2, 0.25) is 5.91 Å². The number of benzene rings is 2. The molecule has 0 bridgehead atoms. The second-order valence-electron chi connectivity index (χ2n) is 7.28. The van der Waals surface area contributed by atoms with E-state index in [1.165, 1.54) is 23.3 Å². The molecule has 1 heterocycles. The number of ether oxygens (including phenoxy) is 2. The molecule has 3 rings (SSSR count). The monoisotopic (exact) mass is 556 g/mol. The van der Waals surface area contributed by atoms with Crippen LogP contribution in [0.25, 0.3) is 0 Å². The minimum atomic E-state index is -0.338. The Morgan fingerprint density at radius 1 is 1.09 bits per heavy atom. The molecule has 0 fully saturated rings. The number of methoxy groups -OCH3 is 2. The Balaban J connectivity index is 0.00000363. The van der Waals surface area contributed by atoms with Crippen LogP contribution < -0.4 is 20.1 Å². The predicted molar refractivity (Wildman–Crippen MR) is 134 cm³/mol. The first-order valence-corrected chi connectivity index (χ1v) is 10.2. The summed E-state index contributed by atoms with van der Waals surface area (Å²) in [6.07, 6.45) is 1.03. The first kappa shape index (κ1) is 25.7. The van der Waals surface area contributed by atoms with Crippen LogP contribution >= 0.6 is 24.0 Å². The van der Waals surface area contributed by atoms with Gasteiger partial charge in [0.05, 0.1) is 20.6 Å². The van der Waals surface area contributed by atoms with Crippen LogP contribution in [0.5, 0.6) is 11.5 Å². The van der Waals surface area contributed by atoms with E-state index in [0.717, 1.165) is 24.7 Å². The highest BCUT2D eigenvalue weighted by Crippen LogP contribution is 2.33. The van der Waals surface area contributed by atoms with Gasteiger partial charge in [0, 0.05) is 33.2 Å². The van der Waals surface area contributed by atoms with Gasteiger partial charge in [-0.1, -0.05) is 12.1 Å². The third kappa shape index (κ3) is 6.72. The standard InChI is InChI=1S/C23H29FN4O3.HI/c1-25-23(27-9-8-26-22(29)12-16-5-4-6-19(24)11-16)28-10-7-17-13-20(30-2)21(31-3)14-18(17)15-28;/h4-6,11,13-14H,7-10,12,15H2,1-3H3,(H,25,27)(H,26,29);1H. The molecule has 2 aromatic carbocycles. The zero-order chi connectivity index (χ0) is 22.2. The molecule has 0 saturated carbocycles. The maximum absolute atomic E-state index is 13.2. The maximum atomic E-state index is 13.2. The second kappa shape index (κ2) is 12.5. The fraction of sp³-hybridized carbons (Fsp3) is 0.391. The topological polar surface area (TPSA) is 75.2 Å². The number of nitrogens with zero attached hydrogens (tertiary/aromatic N) is 2. The third-order valence-corrected chi connectivity index (χ3v) is 5.21. The maximum Gasteiger partial charge on any atom is 0.224 e. The van der Waals surface area contributed by atoms with Gasteiger partial charge in [0.1, 0.15) is 5.82 Å². The van der Waals surface area contributed by atoms with Gasteiger partial charge >= 0.3 is 0 Å². The number of guanidine groups is 1. The lowest BCUT2D eigenvalue weighted by molar-refractivity contribution is -0.120. The van der Waals surface area contributed by atoms with E-state index >= 15 is 0 Å². The predicted octanol–water partition coefficient (Wildman–Crippen LogP) is 2.75. The SMILES string of the molecule is CN=C(NCCNC(=O)Cc1cccc(F)c1)N1CCc2cc(OC)c(OC)cc2C1.I. The number of carbonyl (C=O) groups excluding carboxylic acids is 1. The molecule has 2 N–H and O–H groups in total. The van der Waals surface area contributed by atoms with Gasteiger partial charge < -0.3 is 25.0 Å². The number of fused-ring (bicyclic) bond motifs is 1. The molecule has 32 heavy (non-hydrogen) atoms. The molecule has 0 radical (unpaired) electrons. The number of rotatable bonds is 7. The summed E-state index contributed by atoms with van der Waals surface area (Å²) < 4.78 is 24.1. The molecule has 0 aromatic heterocycles. The molecule has 0 atom stereocenters. The highest BCUT2D eigenvalue weighted by molar-refractivity contribution is 14.0. The van der Waals surface area contributed by atoms with Crippen molar-refractivity contribution in [3.63, 3.8) is 0 Å². The number of aliphatic imine (C=N–C) groups is 1. The van der Waals surface area contributed by atoms with Crippen molar-refractivity contribution in [1.82, 2.24) is 15.5 Å². The van der Waals surface area contributed by atoms with Gasteiger partial charge in [-0.05, 0) is 47.4 Å². The van der Waals surface area contributed by atoms with Crippen molar-refractivity contribution >= 4 is 35.8 Å². The molecule has 0 aliphatic carbocycles. The summed E-state index contributed by atoms with van der Waals surface area (Å²) in [6.45, 7) is 2.52. The molecule has 7 nitrogen and oxygen atoms in total. The van der Waals surface area contributed by atoms with Crippen molar-refractivity contribution in [3.8, 4) is 11.5 Å². The Hall–Kier alpha value is -2.56. The van der Waals surface area contributed by atoms with Crippen LogP contribution in [0.3, 0.4) is 0 Å². The van der Waals surface area contributed by atoms with E-state index in [-0.39, 0.29) is 42.1 Å². The molecule has 0 spiro atoms. The molecule has 1 amide bonds. The van der Waals surface area contributed by atoms with Crippen LogP contribution in [0.1, 0.15) is 16.7 Å². The van der Waals surface area contributed by atoms with Crippen LogP contribution in [0.2, 0.25) is 0 Å². The van der Waals surface area contributed by atoms with Crippen molar-refractivity contribution in [3.05, 3.63) is 58.9 Å². The van der Waals surface area contributed by atoms with E-state index in [2.05, 4.69) is 20.5 Å². The molecule has 1 aliphatic rings. The normalized spacial score (nSPS) is 13.0. The number of hydrogen-bond acceptors (Lipinski definition) is 4.